The Kier molecular flexibility index (Phi) is 4.10. The van der Waals surface area contributed by atoms with Crippen LogP contribution in [0.25, 0.3) is 0 Å². The summed E-state index contributed by atoms with van der Waals surface area (Å²) >= 11 is 12.0. The van der Waals surface area contributed by atoms with Gasteiger partial charge < -0.3 is 4.90 Å². The van der Waals surface area contributed by atoms with Crippen LogP contribution in [0.5, 0.6) is 0 Å². The summed E-state index contributed by atoms with van der Waals surface area (Å²) in [6.07, 6.45) is 2.04. The molecule has 1 aliphatic rings. The highest BCUT2D eigenvalue weighted by molar-refractivity contribution is 7.90. The van der Waals surface area contributed by atoms with Gasteiger partial charge in [0.05, 0.1) is 14.9 Å². The number of hydrogen-bond donors (Lipinski definition) is 0. The molecule has 1 aliphatic heterocycles. The van der Waals surface area contributed by atoms with Gasteiger partial charge in [0.15, 0.2) is 9.84 Å². The lowest BCUT2D eigenvalue weighted by atomic mass is 9.99. The second-order valence-electron chi connectivity index (χ2n) is 5.47. The highest BCUT2D eigenvalue weighted by Crippen LogP contribution is 2.31. The first kappa shape index (κ1) is 15.7. The summed E-state index contributed by atoms with van der Waals surface area (Å²) in [4.78, 5) is 2.60. The van der Waals surface area contributed by atoms with E-state index in [4.69, 9.17) is 23.2 Å². The smallest absolute Gasteiger partial charge is 0.175 e. The summed E-state index contributed by atoms with van der Waals surface area (Å²) in [7, 11) is -3.16. The predicted octanol–water partition coefficient (Wildman–Crippen LogP) is 3.96. The third-order valence-corrected chi connectivity index (χ3v) is 5.74. The third-order valence-electron chi connectivity index (χ3n) is 3.89. The van der Waals surface area contributed by atoms with Crippen molar-refractivity contribution in [3.8, 4) is 0 Å². The molecule has 1 heterocycles. The monoisotopic (exact) mass is 355 g/mol. The molecule has 2 aromatic rings. The maximum atomic E-state index is 11.6. The third kappa shape index (κ3) is 3.09. The first-order valence-electron chi connectivity index (χ1n) is 6.86. The first-order chi connectivity index (χ1) is 10.3. The molecule has 0 fully saturated rings. The summed E-state index contributed by atoms with van der Waals surface area (Å²) in [6, 6.07) is 11.0. The number of halogens is 2. The fourth-order valence-electron chi connectivity index (χ4n) is 2.66. The Morgan fingerprint density at radius 3 is 2.45 bits per heavy atom. The van der Waals surface area contributed by atoms with E-state index in [1.54, 1.807) is 18.2 Å². The molecule has 0 atom stereocenters. The maximum absolute atomic E-state index is 11.6. The molecule has 0 N–H and O–H groups in total. The minimum Gasteiger partial charge on any atom is -0.367 e. The van der Waals surface area contributed by atoms with Gasteiger partial charge in [0.2, 0.25) is 0 Å². The Balaban J connectivity index is 1.89. The van der Waals surface area contributed by atoms with Crippen molar-refractivity contribution in [2.75, 3.05) is 17.7 Å². The fraction of sp³-hybridized carbons (Fsp3) is 0.250. The Bertz CT molecular complexity index is 834. The van der Waals surface area contributed by atoms with Crippen molar-refractivity contribution in [2.24, 2.45) is 0 Å². The number of hydrogen-bond acceptors (Lipinski definition) is 3. The highest BCUT2D eigenvalue weighted by atomic mass is 35.5. The van der Waals surface area contributed by atoms with Gasteiger partial charge in [-0.05, 0) is 47.9 Å². The van der Waals surface area contributed by atoms with Crippen molar-refractivity contribution in [1.82, 2.24) is 0 Å². The molecule has 0 aliphatic carbocycles. The van der Waals surface area contributed by atoms with Gasteiger partial charge in [-0.2, -0.15) is 0 Å². The second kappa shape index (κ2) is 5.76. The molecule has 6 heteroatoms. The van der Waals surface area contributed by atoms with Crippen LogP contribution in [0, 0.1) is 0 Å². The van der Waals surface area contributed by atoms with Crippen molar-refractivity contribution < 1.29 is 8.42 Å². The van der Waals surface area contributed by atoms with Crippen molar-refractivity contribution >= 4 is 38.7 Å². The lowest BCUT2D eigenvalue weighted by Crippen LogP contribution is -2.30. The van der Waals surface area contributed by atoms with Gasteiger partial charge in [-0.1, -0.05) is 29.3 Å². The molecular weight excluding hydrogens is 341 g/mol. The van der Waals surface area contributed by atoms with Crippen LogP contribution in [0.1, 0.15) is 11.1 Å². The van der Waals surface area contributed by atoms with Crippen LogP contribution in [-0.2, 0) is 22.8 Å². The largest absolute Gasteiger partial charge is 0.367 e. The zero-order valence-corrected chi connectivity index (χ0v) is 14.3. The lowest BCUT2D eigenvalue weighted by molar-refractivity contribution is 0.601. The fourth-order valence-corrected chi connectivity index (χ4v) is 3.63. The maximum Gasteiger partial charge on any atom is 0.175 e. The van der Waals surface area contributed by atoms with Crippen LogP contribution in [0.15, 0.2) is 41.3 Å². The molecular formula is C16H15Cl2NO2S. The van der Waals surface area contributed by atoms with Crippen molar-refractivity contribution in [2.45, 2.75) is 17.9 Å². The summed E-state index contributed by atoms with van der Waals surface area (Å²) < 4.78 is 23.3. The van der Waals surface area contributed by atoms with E-state index in [1.807, 2.05) is 18.2 Å². The van der Waals surface area contributed by atoms with Gasteiger partial charge in [-0.15, -0.1) is 0 Å². The minimum absolute atomic E-state index is 0.384. The molecule has 3 nitrogen and oxygen atoms in total. The Morgan fingerprint density at radius 1 is 1.00 bits per heavy atom. The second-order valence-corrected chi connectivity index (χ2v) is 8.30. The van der Waals surface area contributed by atoms with E-state index in [9.17, 15) is 8.42 Å². The van der Waals surface area contributed by atoms with Crippen LogP contribution in [0.2, 0.25) is 10.0 Å². The molecule has 22 heavy (non-hydrogen) atoms. The van der Waals surface area contributed by atoms with Crippen LogP contribution < -0.4 is 4.90 Å². The van der Waals surface area contributed by atoms with Gasteiger partial charge in [0.1, 0.15) is 0 Å². The first-order valence-corrected chi connectivity index (χ1v) is 9.51. The van der Waals surface area contributed by atoms with Gasteiger partial charge in [-0.25, -0.2) is 8.42 Å². The zero-order chi connectivity index (χ0) is 15.9. The van der Waals surface area contributed by atoms with E-state index in [1.165, 1.54) is 6.26 Å². The van der Waals surface area contributed by atoms with Gasteiger partial charge in [0.25, 0.3) is 0 Å². The standard InChI is InChI=1S/C16H15Cl2NO2S/c1-22(20,21)14-4-2-12-10-19(7-6-11(12)8-14)13-3-5-15(17)16(18)9-13/h2-5,8-9H,6-7,10H2,1H3. The van der Waals surface area contributed by atoms with Crippen LogP contribution in [0.4, 0.5) is 5.69 Å². The molecule has 0 unspecified atom stereocenters. The van der Waals surface area contributed by atoms with Gasteiger partial charge >= 0.3 is 0 Å². The van der Waals surface area contributed by atoms with Crippen molar-refractivity contribution in [3.63, 3.8) is 0 Å². The molecule has 0 saturated heterocycles. The average Bonchev–Trinajstić information content (AvgIpc) is 2.48. The quantitative estimate of drug-likeness (QED) is 0.817. The van der Waals surface area contributed by atoms with Crippen molar-refractivity contribution in [1.29, 1.82) is 0 Å². The van der Waals surface area contributed by atoms with Crippen LogP contribution >= 0.6 is 23.2 Å². The van der Waals surface area contributed by atoms with E-state index in [2.05, 4.69) is 4.90 Å². The number of rotatable bonds is 2. The van der Waals surface area contributed by atoms with Gasteiger partial charge in [-0.3, -0.25) is 0 Å². The molecule has 3 rings (SSSR count). The molecule has 116 valence electrons. The normalized spacial score (nSPS) is 14.8. The molecule has 0 amide bonds. The Hall–Kier alpha value is -1.23. The van der Waals surface area contributed by atoms with Crippen LogP contribution in [0.3, 0.4) is 0 Å². The van der Waals surface area contributed by atoms with E-state index < -0.39 is 9.84 Å². The van der Waals surface area contributed by atoms with Gasteiger partial charge in [0, 0.05) is 25.0 Å². The number of benzene rings is 2. The number of anilines is 1. The predicted molar refractivity (Wildman–Crippen MR) is 90.8 cm³/mol. The SMILES string of the molecule is CS(=O)(=O)c1ccc2c(c1)CCN(c1ccc(Cl)c(Cl)c1)C2. The van der Waals surface area contributed by atoms with Crippen molar-refractivity contribution in [3.05, 3.63) is 57.6 Å². The average molecular weight is 356 g/mol. The van der Waals surface area contributed by atoms with E-state index >= 15 is 0 Å². The summed E-state index contributed by atoms with van der Waals surface area (Å²) in [5, 5.41) is 1.08. The number of fused-ring (bicyclic) bond motifs is 1. The molecule has 2 aromatic carbocycles. The summed E-state index contributed by atoms with van der Waals surface area (Å²) in [6.45, 7) is 1.55. The molecule has 0 spiro atoms. The summed E-state index contributed by atoms with van der Waals surface area (Å²) in [5.41, 5.74) is 3.26. The zero-order valence-electron chi connectivity index (χ0n) is 12.0. The Morgan fingerprint density at radius 2 is 1.77 bits per heavy atom. The number of nitrogens with zero attached hydrogens (tertiary/aromatic N) is 1. The highest BCUT2D eigenvalue weighted by Gasteiger charge is 2.19. The Labute approximate surface area is 140 Å². The van der Waals surface area contributed by atoms with E-state index in [0.717, 1.165) is 36.3 Å². The van der Waals surface area contributed by atoms with Crippen LogP contribution in [-0.4, -0.2) is 21.2 Å². The number of sulfone groups is 1. The van der Waals surface area contributed by atoms with E-state index in [-0.39, 0.29) is 0 Å². The van der Waals surface area contributed by atoms with E-state index in [0.29, 0.717) is 14.9 Å². The molecule has 0 bridgehead atoms. The molecule has 0 saturated carbocycles. The summed E-state index contributed by atoms with van der Waals surface area (Å²) in [5.74, 6) is 0. The molecule has 0 aromatic heterocycles. The molecule has 0 radical (unpaired) electrons. The minimum atomic E-state index is -3.16. The topological polar surface area (TPSA) is 37.4 Å². The lowest BCUT2D eigenvalue weighted by Gasteiger charge is -2.31.